The molecule has 4 nitrogen and oxygen atoms in total. The Kier molecular flexibility index (Phi) is 2.90. The van der Waals surface area contributed by atoms with Crippen molar-refractivity contribution in [3.63, 3.8) is 0 Å². The van der Waals surface area contributed by atoms with Crippen molar-refractivity contribution in [2.45, 2.75) is 26.9 Å². The first kappa shape index (κ1) is 10.7. The normalized spacial score (nSPS) is 10.8. The lowest BCUT2D eigenvalue weighted by atomic mass is 10.4. The maximum atomic E-state index is 5.71. The summed E-state index contributed by atoms with van der Waals surface area (Å²) in [6.07, 6.45) is 5.52. The van der Waals surface area contributed by atoms with E-state index in [9.17, 15) is 0 Å². The van der Waals surface area contributed by atoms with Crippen molar-refractivity contribution in [3.05, 3.63) is 36.5 Å². The molecule has 0 aliphatic rings. The summed E-state index contributed by atoms with van der Waals surface area (Å²) in [5.74, 6) is 2.46. The molecule has 2 aromatic rings. The molecule has 0 aliphatic heterocycles. The SMILES string of the molecule is Cc1nccn1-c1ncccc1OC(C)C. The number of ether oxygens (including phenoxy) is 1. The largest absolute Gasteiger partial charge is 0.487 e. The third-order valence-electron chi connectivity index (χ3n) is 2.17. The summed E-state index contributed by atoms with van der Waals surface area (Å²) in [5, 5.41) is 0. The highest BCUT2D eigenvalue weighted by atomic mass is 16.5. The van der Waals surface area contributed by atoms with Gasteiger partial charge in [0.05, 0.1) is 6.10 Å². The molecular weight excluding hydrogens is 202 g/mol. The Labute approximate surface area is 94.9 Å². The molecule has 84 valence electrons. The van der Waals surface area contributed by atoms with E-state index in [0.717, 1.165) is 17.4 Å². The van der Waals surface area contributed by atoms with Crippen LogP contribution in [0.3, 0.4) is 0 Å². The fourth-order valence-electron chi connectivity index (χ4n) is 1.51. The molecule has 0 atom stereocenters. The smallest absolute Gasteiger partial charge is 0.181 e. The number of rotatable bonds is 3. The van der Waals surface area contributed by atoms with Gasteiger partial charge >= 0.3 is 0 Å². The Morgan fingerprint density at radius 3 is 2.69 bits per heavy atom. The maximum absolute atomic E-state index is 5.71. The summed E-state index contributed by atoms with van der Waals surface area (Å²) in [6, 6.07) is 3.79. The van der Waals surface area contributed by atoms with Gasteiger partial charge in [0.2, 0.25) is 0 Å². The average molecular weight is 217 g/mol. The molecule has 0 radical (unpaired) electrons. The molecule has 0 bridgehead atoms. The molecule has 0 fully saturated rings. The van der Waals surface area contributed by atoms with Crippen molar-refractivity contribution in [2.24, 2.45) is 0 Å². The Hall–Kier alpha value is -1.84. The van der Waals surface area contributed by atoms with E-state index in [1.165, 1.54) is 0 Å². The molecule has 0 N–H and O–H groups in total. The van der Waals surface area contributed by atoms with E-state index in [0.29, 0.717) is 0 Å². The van der Waals surface area contributed by atoms with Crippen LogP contribution in [0.5, 0.6) is 5.75 Å². The van der Waals surface area contributed by atoms with E-state index in [-0.39, 0.29) is 6.10 Å². The molecule has 2 aromatic heterocycles. The maximum Gasteiger partial charge on any atom is 0.181 e. The lowest BCUT2D eigenvalue weighted by Crippen LogP contribution is -2.09. The van der Waals surface area contributed by atoms with Gasteiger partial charge in [0.15, 0.2) is 11.6 Å². The third kappa shape index (κ3) is 2.05. The van der Waals surface area contributed by atoms with Crippen molar-refractivity contribution < 1.29 is 4.74 Å². The van der Waals surface area contributed by atoms with Crippen molar-refractivity contribution >= 4 is 0 Å². The highest BCUT2D eigenvalue weighted by molar-refractivity contribution is 5.40. The fourth-order valence-corrected chi connectivity index (χ4v) is 1.51. The zero-order valence-corrected chi connectivity index (χ0v) is 9.71. The topological polar surface area (TPSA) is 39.9 Å². The number of hydrogen-bond acceptors (Lipinski definition) is 3. The second kappa shape index (κ2) is 4.35. The van der Waals surface area contributed by atoms with E-state index in [1.54, 1.807) is 12.4 Å². The Bertz CT molecular complexity index is 477. The summed E-state index contributed by atoms with van der Waals surface area (Å²) in [5.41, 5.74) is 0. The van der Waals surface area contributed by atoms with Gasteiger partial charge in [0.1, 0.15) is 5.82 Å². The van der Waals surface area contributed by atoms with Crippen LogP contribution in [-0.2, 0) is 0 Å². The Balaban J connectivity index is 2.44. The molecule has 0 saturated heterocycles. The fraction of sp³-hybridized carbons (Fsp3) is 0.333. The molecule has 0 aliphatic carbocycles. The van der Waals surface area contributed by atoms with Crippen molar-refractivity contribution in [3.8, 4) is 11.6 Å². The number of aryl methyl sites for hydroxylation is 1. The van der Waals surface area contributed by atoms with Crippen molar-refractivity contribution in [1.29, 1.82) is 0 Å². The molecule has 16 heavy (non-hydrogen) atoms. The first-order valence-corrected chi connectivity index (χ1v) is 5.30. The van der Waals surface area contributed by atoms with Gasteiger partial charge in [0.25, 0.3) is 0 Å². The van der Waals surface area contributed by atoms with Crippen LogP contribution in [0.2, 0.25) is 0 Å². The number of nitrogens with zero attached hydrogens (tertiary/aromatic N) is 3. The molecule has 0 spiro atoms. The molecule has 0 saturated carbocycles. The van der Waals surface area contributed by atoms with Crippen LogP contribution in [0, 0.1) is 6.92 Å². The predicted octanol–water partition coefficient (Wildman–Crippen LogP) is 2.36. The van der Waals surface area contributed by atoms with E-state index < -0.39 is 0 Å². The van der Waals surface area contributed by atoms with E-state index in [2.05, 4.69) is 9.97 Å². The van der Waals surface area contributed by atoms with Crippen LogP contribution in [0.15, 0.2) is 30.7 Å². The lowest BCUT2D eigenvalue weighted by molar-refractivity contribution is 0.240. The van der Waals surface area contributed by atoms with Gasteiger partial charge in [-0.15, -0.1) is 0 Å². The average Bonchev–Trinajstić information content (AvgIpc) is 2.64. The molecule has 2 rings (SSSR count). The summed E-state index contributed by atoms with van der Waals surface area (Å²) in [7, 11) is 0. The zero-order valence-electron chi connectivity index (χ0n) is 9.71. The second-order valence-corrected chi connectivity index (χ2v) is 3.84. The van der Waals surface area contributed by atoms with Gasteiger partial charge in [-0.3, -0.25) is 4.57 Å². The van der Waals surface area contributed by atoms with Crippen LogP contribution >= 0.6 is 0 Å². The number of pyridine rings is 1. The molecule has 4 heteroatoms. The summed E-state index contributed by atoms with van der Waals surface area (Å²) in [6.45, 7) is 5.93. The van der Waals surface area contributed by atoms with Crippen LogP contribution < -0.4 is 4.74 Å². The number of hydrogen-bond donors (Lipinski definition) is 0. The number of aromatic nitrogens is 3. The lowest BCUT2D eigenvalue weighted by Gasteiger charge is -2.14. The van der Waals surface area contributed by atoms with Gasteiger partial charge in [-0.2, -0.15) is 0 Å². The first-order valence-electron chi connectivity index (χ1n) is 5.30. The molecule has 0 amide bonds. The highest BCUT2D eigenvalue weighted by Crippen LogP contribution is 2.21. The van der Waals surface area contributed by atoms with Gasteiger partial charge in [-0.25, -0.2) is 9.97 Å². The minimum absolute atomic E-state index is 0.131. The van der Waals surface area contributed by atoms with E-state index in [4.69, 9.17) is 4.74 Å². The highest BCUT2D eigenvalue weighted by Gasteiger charge is 2.09. The Morgan fingerprint density at radius 2 is 2.06 bits per heavy atom. The number of imidazole rings is 1. The second-order valence-electron chi connectivity index (χ2n) is 3.84. The first-order chi connectivity index (χ1) is 7.68. The Morgan fingerprint density at radius 1 is 1.25 bits per heavy atom. The molecular formula is C12H15N3O. The zero-order chi connectivity index (χ0) is 11.5. The van der Waals surface area contributed by atoms with Crippen LogP contribution in [0.4, 0.5) is 0 Å². The van der Waals surface area contributed by atoms with Gasteiger partial charge in [-0.05, 0) is 32.9 Å². The monoisotopic (exact) mass is 217 g/mol. The summed E-state index contributed by atoms with van der Waals surface area (Å²) >= 11 is 0. The van der Waals surface area contributed by atoms with Crippen molar-refractivity contribution in [2.75, 3.05) is 0 Å². The molecule has 0 unspecified atom stereocenters. The minimum Gasteiger partial charge on any atom is -0.487 e. The molecule has 0 aromatic carbocycles. The van der Waals surface area contributed by atoms with Crippen molar-refractivity contribution in [1.82, 2.24) is 14.5 Å². The van der Waals surface area contributed by atoms with Gasteiger partial charge < -0.3 is 4.74 Å². The van der Waals surface area contributed by atoms with Crippen LogP contribution in [0.1, 0.15) is 19.7 Å². The van der Waals surface area contributed by atoms with E-state index in [1.807, 2.05) is 43.7 Å². The van der Waals surface area contributed by atoms with Crippen LogP contribution in [0.25, 0.3) is 5.82 Å². The van der Waals surface area contributed by atoms with Crippen LogP contribution in [-0.4, -0.2) is 20.6 Å². The third-order valence-corrected chi connectivity index (χ3v) is 2.17. The predicted molar refractivity (Wildman–Crippen MR) is 61.9 cm³/mol. The van der Waals surface area contributed by atoms with Gasteiger partial charge in [0, 0.05) is 18.6 Å². The minimum atomic E-state index is 0.131. The quantitative estimate of drug-likeness (QED) is 0.792. The van der Waals surface area contributed by atoms with Gasteiger partial charge in [-0.1, -0.05) is 0 Å². The van der Waals surface area contributed by atoms with E-state index >= 15 is 0 Å². The molecule has 2 heterocycles. The standard InChI is InChI=1S/C12H15N3O/c1-9(2)16-11-5-4-6-14-12(11)15-8-7-13-10(15)3/h4-9H,1-3H3. The summed E-state index contributed by atoms with van der Waals surface area (Å²) < 4.78 is 7.63. The summed E-state index contributed by atoms with van der Waals surface area (Å²) in [4.78, 5) is 8.51.